The summed E-state index contributed by atoms with van der Waals surface area (Å²) in [6, 6.07) is 26.8. The van der Waals surface area contributed by atoms with Gasteiger partial charge in [-0.3, -0.25) is 4.98 Å². The van der Waals surface area contributed by atoms with Crippen LogP contribution in [0.4, 0.5) is 0 Å². The second-order valence-electron chi connectivity index (χ2n) is 8.90. The molecule has 0 saturated carbocycles. The molecule has 1 heteroatoms. The van der Waals surface area contributed by atoms with Gasteiger partial charge in [-0.15, -0.1) is 0 Å². The minimum atomic E-state index is 0.430. The Bertz CT molecular complexity index is 1390. The molecule has 1 nitrogen and oxygen atoms in total. The average molecular weight is 390 g/mol. The molecule has 0 atom stereocenters. The standard InChI is InChI=1S/C29H27N/c1-18(2)22-11-9-21-13-14-30-29(27(21)16-22)24-15-23-12-10-20-7-5-6-8-25(20)28(23)26(17-24)19(3)4/h5-19H,1-4H3. The van der Waals surface area contributed by atoms with Crippen molar-refractivity contribution in [2.75, 3.05) is 0 Å². The SMILES string of the molecule is CC(C)c1ccc2ccnc(-c3cc(C(C)C)c4c(ccc5ccccc54)c3)c2c1. The molecule has 0 fully saturated rings. The van der Waals surface area contributed by atoms with Crippen molar-refractivity contribution in [3.63, 3.8) is 0 Å². The van der Waals surface area contributed by atoms with E-state index in [2.05, 4.69) is 100 Å². The van der Waals surface area contributed by atoms with Crippen molar-refractivity contribution < 1.29 is 0 Å². The van der Waals surface area contributed by atoms with Crippen molar-refractivity contribution in [2.24, 2.45) is 0 Å². The van der Waals surface area contributed by atoms with Crippen LogP contribution in [0.3, 0.4) is 0 Å². The quantitative estimate of drug-likeness (QED) is 0.282. The highest BCUT2D eigenvalue weighted by Crippen LogP contribution is 2.37. The van der Waals surface area contributed by atoms with E-state index in [1.807, 2.05) is 6.20 Å². The maximum Gasteiger partial charge on any atom is 0.0780 e. The first kappa shape index (κ1) is 18.8. The highest BCUT2D eigenvalue weighted by molar-refractivity contribution is 6.11. The molecule has 0 unspecified atom stereocenters. The molecule has 30 heavy (non-hydrogen) atoms. The van der Waals surface area contributed by atoms with Gasteiger partial charge in [0.15, 0.2) is 0 Å². The zero-order valence-corrected chi connectivity index (χ0v) is 18.1. The minimum absolute atomic E-state index is 0.430. The van der Waals surface area contributed by atoms with Gasteiger partial charge in [0.25, 0.3) is 0 Å². The predicted octanol–water partition coefficient (Wildman–Crippen LogP) is 8.46. The molecule has 0 N–H and O–H groups in total. The Morgan fingerprint density at radius 2 is 1.37 bits per heavy atom. The molecule has 0 radical (unpaired) electrons. The van der Waals surface area contributed by atoms with Crippen LogP contribution in [-0.2, 0) is 0 Å². The maximum absolute atomic E-state index is 4.85. The summed E-state index contributed by atoms with van der Waals surface area (Å²) in [5.74, 6) is 0.927. The zero-order chi connectivity index (χ0) is 20.8. The second-order valence-corrected chi connectivity index (χ2v) is 8.90. The highest BCUT2D eigenvalue weighted by atomic mass is 14.7. The first-order valence-corrected chi connectivity index (χ1v) is 10.9. The Labute approximate surface area is 178 Å². The summed E-state index contributed by atoms with van der Waals surface area (Å²) in [6.07, 6.45) is 1.94. The van der Waals surface area contributed by atoms with Gasteiger partial charge in [-0.2, -0.15) is 0 Å². The van der Waals surface area contributed by atoms with E-state index in [1.54, 1.807) is 0 Å². The van der Waals surface area contributed by atoms with Crippen LogP contribution in [-0.4, -0.2) is 4.98 Å². The maximum atomic E-state index is 4.85. The molecule has 0 spiro atoms. The molecule has 5 aromatic rings. The number of hydrogen-bond acceptors (Lipinski definition) is 1. The number of fused-ring (bicyclic) bond motifs is 4. The fourth-order valence-corrected chi connectivity index (χ4v) is 4.55. The van der Waals surface area contributed by atoms with E-state index in [1.165, 1.54) is 49.0 Å². The van der Waals surface area contributed by atoms with Crippen LogP contribution >= 0.6 is 0 Å². The van der Waals surface area contributed by atoms with Crippen LogP contribution in [0, 0.1) is 0 Å². The van der Waals surface area contributed by atoms with E-state index >= 15 is 0 Å². The summed E-state index contributed by atoms with van der Waals surface area (Å²) >= 11 is 0. The van der Waals surface area contributed by atoms with Crippen LogP contribution in [0.5, 0.6) is 0 Å². The van der Waals surface area contributed by atoms with E-state index in [4.69, 9.17) is 4.98 Å². The van der Waals surface area contributed by atoms with Crippen LogP contribution in [0.1, 0.15) is 50.7 Å². The number of aromatic nitrogens is 1. The molecule has 4 aromatic carbocycles. The summed E-state index contributed by atoms with van der Waals surface area (Å²) in [4.78, 5) is 4.85. The first-order chi connectivity index (χ1) is 14.5. The van der Waals surface area contributed by atoms with E-state index in [-0.39, 0.29) is 0 Å². The van der Waals surface area contributed by atoms with Gasteiger partial charge in [-0.25, -0.2) is 0 Å². The third-order valence-corrected chi connectivity index (χ3v) is 6.22. The monoisotopic (exact) mass is 389 g/mol. The Morgan fingerprint density at radius 1 is 0.633 bits per heavy atom. The molecule has 1 heterocycles. The molecule has 1 aromatic heterocycles. The van der Waals surface area contributed by atoms with Crippen molar-refractivity contribution in [1.29, 1.82) is 0 Å². The fourth-order valence-electron chi connectivity index (χ4n) is 4.55. The second kappa shape index (κ2) is 7.25. The smallest absolute Gasteiger partial charge is 0.0780 e. The van der Waals surface area contributed by atoms with Crippen molar-refractivity contribution >= 4 is 32.3 Å². The molecule has 0 aliphatic rings. The molecule has 0 bridgehead atoms. The fraction of sp³-hybridized carbons (Fsp3) is 0.207. The van der Waals surface area contributed by atoms with E-state index in [0.29, 0.717) is 11.8 Å². The van der Waals surface area contributed by atoms with Gasteiger partial charge in [-0.1, -0.05) is 76.2 Å². The lowest BCUT2D eigenvalue weighted by molar-refractivity contribution is 0.868. The summed E-state index contributed by atoms with van der Waals surface area (Å²) in [5, 5.41) is 7.76. The predicted molar refractivity (Wildman–Crippen MR) is 130 cm³/mol. The largest absolute Gasteiger partial charge is 0.256 e. The van der Waals surface area contributed by atoms with Gasteiger partial charge in [0.05, 0.1) is 5.69 Å². The number of hydrogen-bond donors (Lipinski definition) is 0. The van der Waals surface area contributed by atoms with Crippen molar-refractivity contribution in [1.82, 2.24) is 4.98 Å². The lowest BCUT2D eigenvalue weighted by Crippen LogP contribution is -1.95. The Kier molecular flexibility index (Phi) is 4.55. The van der Waals surface area contributed by atoms with Gasteiger partial charge >= 0.3 is 0 Å². The lowest BCUT2D eigenvalue weighted by atomic mass is 9.88. The summed E-state index contributed by atoms with van der Waals surface area (Å²) < 4.78 is 0. The average Bonchev–Trinajstić information content (AvgIpc) is 2.77. The topological polar surface area (TPSA) is 12.9 Å². The molecule has 0 amide bonds. The van der Waals surface area contributed by atoms with Crippen molar-refractivity contribution in [3.05, 3.63) is 90.1 Å². The minimum Gasteiger partial charge on any atom is -0.256 e. The van der Waals surface area contributed by atoms with Crippen molar-refractivity contribution in [3.8, 4) is 11.3 Å². The van der Waals surface area contributed by atoms with Gasteiger partial charge in [0, 0.05) is 17.1 Å². The summed E-state index contributed by atoms with van der Waals surface area (Å²) in [5.41, 5.74) is 5.02. The number of nitrogens with zero attached hydrogens (tertiary/aromatic N) is 1. The molecule has 0 aliphatic carbocycles. The van der Waals surface area contributed by atoms with Crippen molar-refractivity contribution in [2.45, 2.75) is 39.5 Å². The summed E-state index contributed by atoms with van der Waals surface area (Å²) in [7, 11) is 0. The number of rotatable bonds is 3. The van der Waals surface area contributed by atoms with Gasteiger partial charge in [0.2, 0.25) is 0 Å². The van der Waals surface area contributed by atoms with Gasteiger partial charge in [0.1, 0.15) is 0 Å². The Balaban J connectivity index is 1.84. The molecule has 5 rings (SSSR count). The first-order valence-electron chi connectivity index (χ1n) is 10.9. The third-order valence-electron chi connectivity index (χ3n) is 6.22. The van der Waals surface area contributed by atoms with E-state index in [9.17, 15) is 0 Å². The van der Waals surface area contributed by atoms with Crippen LogP contribution in [0.25, 0.3) is 43.6 Å². The normalized spacial score (nSPS) is 11.9. The third kappa shape index (κ3) is 3.06. The molecular formula is C29H27N. The van der Waals surface area contributed by atoms with Gasteiger partial charge in [-0.05, 0) is 74.2 Å². The van der Waals surface area contributed by atoms with Crippen LogP contribution < -0.4 is 0 Å². The number of benzene rings is 4. The van der Waals surface area contributed by atoms with Gasteiger partial charge < -0.3 is 0 Å². The number of pyridine rings is 1. The van der Waals surface area contributed by atoms with Crippen LogP contribution in [0.15, 0.2) is 79.0 Å². The van der Waals surface area contributed by atoms with E-state index < -0.39 is 0 Å². The lowest BCUT2D eigenvalue weighted by Gasteiger charge is -2.16. The van der Waals surface area contributed by atoms with E-state index in [0.717, 1.165) is 5.69 Å². The molecule has 148 valence electrons. The zero-order valence-electron chi connectivity index (χ0n) is 18.1. The van der Waals surface area contributed by atoms with Crippen LogP contribution in [0.2, 0.25) is 0 Å². The molecule has 0 saturated heterocycles. The molecule has 0 aliphatic heterocycles. The Morgan fingerprint density at radius 3 is 2.17 bits per heavy atom. The Hall–Kier alpha value is -3.19. The highest BCUT2D eigenvalue weighted by Gasteiger charge is 2.14. The molecular weight excluding hydrogens is 362 g/mol. The summed E-state index contributed by atoms with van der Waals surface area (Å²) in [6.45, 7) is 9.06.